The Bertz CT molecular complexity index is 755. The minimum atomic E-state index is -0.997. The zero-order valence-electron chi connectivity index (χ0n) is 14.5. The molecule has 1 atom stereocenters. The molecular weight excluding hydrogens is 334 g/mol. The standard InChI is InChI=1S/C18H23N5O3/c24-12-13-2-1-8-23(11-13)9-7-21-18-20-6-4-15(22-18)16-10-14(17(25)26)3-5-19-16/h3-6,10,13,24H,1-2,7-9,11-12H2,(H,25,26)(H,20,21,22)/t13-/m1/s1. The fourth-order valence-electron chi connectivity index (χ4n) is 3.12. The van der Waals surface area contributed by atoms with Gasteiger partial charge in [-0.15, -0.1) is 0 Å². The van der Waals surface area contributed by atoms with Gasteiger partial charge < -0.3 is 20.4 Å². The second-order valence-electron chi connectivity index (χ2n) is 6.42. The van der Waals surface area contributed by atoms with Crippen LogP contribution in [-0.2, 0) is 0 Å². The smallest absolute Gasteiger partial charge is 0.335 e. The molecule has 26 heavy (non-hydrogen) atoms. The number of carboxylic acid groups (broad SMARTS) is 1. The highest BCUT2D eigenvalue weighted by molar-refractivity contribution is 5.88. The van der Waals surface area contributed by atoms with E-state index in [0.29, 0.717) is 29.8 Å². The molecule has 0 unspecified atom stereocenters. The van der Waals surface area contributed by atoms with E-state index in [1.54, 1.807) is 12.3 Å². The van der Waals surface area contributed by atoms with Crippen LogP contribution in [0.5, 0.6) is 0 Å². The van der Waals surface area contributed by atoms with E-state index in [0.717, 1.165) is 32.5 Å². The molecule has 1 aliphatic rings. The lowest BCUT2D eigenvalue weighted by Crippen LogP contribution is -2.39. The van der Waals surface area contributed by atoms with Crippen LogP contribution >= 0.6 is 0 Å². The van der Waals surface area contributed by atoms with Crippen molar-refractivity contribution in [3.63, 3.8) is 0 Å². The molecule has 3 heterocycles. The molecule has 8 heteroatoms. The van der Waals surface area contributed by atoms with Gasteiger partial charge in [-0.25, -0.2) is 14.8 Å². The van der Waals surface area contributed by atoms with E-state index in [2.05, 4.69) is 25.2 Å². The highest BCUT2D eigenvalue weighted by atomic mass is 16.4. The number of aromatic nitrogens is 3. The van der Waals surface area contributed by atoms with E-state index in [9.17, 15) is 9.90 Å². The average Bonchev–Trinajstić information content (AvgIpc) is 2.68. The number of aliphatic hydroxyl groups is 1. The number of hydrogen-bond donors (Lipinski definition) is 3. The van der Waals surface area contributed by atoms with Crippen LogP contribution in [0.4, 0.5) is 5.95 Å². The molecule has 3 N–H and O–H groups in total. The zero-order chi connectivity index (χ0) is 18.4. The highest BCUT2D eigenvalue weighted by Crippen LogP contribution is 2.17. The lowest BCUT2D eigenvalue weighted by molar-refractivity contribution is 0.0697. The Labute approximate surface area is 151 Å². The fraction of sp³-hybridized carbons (Fsp3) is 0.444. The number of rotatable bonds is 7. The Hall–Kier alpha value is -2.58. The first-order valence-electron chi connectivity index (χ1n) is 8.75. The number of anilines is 1. The van der Waals surface area contributed by atoms with Gasteiger partial charge in [0.25, 0.3) is 0 Å². The quantitative estimate of drug-likeness (QED) is 0.681. The Morgan fingerprint density at radius 3 is 2.92 bits per heavy atom. The number of nitrogens with one attached hydrogen (secondary N) is 1. The maximum atomic E-state index is 11.1. The Morgan fingerprint density at radius 2 is 2.12 bits per heavy atom. The van der Waals surface area contributed by atoms with Crippen LogP contribution in [0, 0.1) is 5.92 Å². The number of pyridine rings is 1. The molecule has 0 saturated carbocycles. The molecule has 8 nitrogen and oxygen atoms in total. The van der Waals surface area contributed by atoms with Crippen molar-refractivity contribution in [3.8, 4) is 11.4 Å². The summed E-state index contributed by atoms with van der Waals surface area (Å²) in [5.74, 6) is -0.138. The topological polar surface area (TPSA) is 111 Å². The van der Waals surface area contributed by atoms with Crippen LogP contribution in [0.1, 0.15) is 23.2 Å². The molecule has 1 aliphatic heterocycles. The van der Waals surface area contributed by atoms with Crippen molar-refractivity contribution in [2.45, 2.75) is 12.8 Å². The average molecular weight is 357 g/mol. The Kier molecular flexibility index (Phi) is 6.08. The van der Waals surface area contributed by atoms with Crippen molar-refractivity contribution in [2.24, 2.45) is 5.92 Å². The van der Waals surface area contributed by atoms with Crippen molar-refractivity contribution in [3.05, 3.63) is 36.2 Å². The predicted molar refractivity (Wildman–Crippen MR) is 97.0 cm³/mol. The summed E-state index contributed by atoms with van der Waals surface area (Å²) < 4.78 is 0. The second kappa shape index (κ2) is 8.68. The van der Waals surface area contributed by atoms with Gasteiger partial charge in [0.1, 0.15) is 0 Å². The number of aromatic carboxylic acids is 1. The van der Waals surface area contributed by atoms with Gasteiger partial charge in [0, 0.05) is 38.6 Å². The minimum Gasteiger partial charge on any atom is -0.478 e. The summed E-state index contributed by atoms with van der Waals surface area (Å²) in [5.41, 5.74) is 1.24. The molecule has 0 spiro atoms. The first kappa shape index (κ1) is 18.2. The van der Waals surface area contributed by atoms with E-state index < -0.39 is 5.97 Å². The van der Waals surface area contributed by atoms with E-state index in [-0.39, 0.29) is 12.2 Å². The van der Waals surface area contributed by atoms with Crippen LogP contribution in [0.25, 0.3) is 11.4 Å². The van der Waals surface area contributed by atoms with Gasteiger partial charge in [-0.2, -0.15) is 0 Å². The van der Waals surface area contributed by atoms with Crippen molar-refractivity contribution in [1.29, 1.82) is 0 Å². The van der Waals surface area contributed by atoms with Crippen LogP contribution in [-0.4, -0.2) is 68.8 Å². The largest absolute Gasteiger partial charge is 0.478 e. The summed E-state index contributed by atoms with van der Waals surface area (Å²) in [6.45, 7) is 3.77. The molecule has 0 bridgehead atoms. The molecule has 1 fully saturated rings. The molecule has 138 valence electrons. The minimum absolute atomic E-state index is 0.173. The second-order valence-corrected chi connectivity index (χ2v) is 6.42. The molecule has 0 aliphatic carbocycles. The van der Waals surface area contributed by atoms with Crippen LogP contribution < -0.4 is 5.32 Å². The summed E-state index contributed by atoms with van der Waals surface area (Å²) in [7, 11) is 0. The number of carbonyl (C=O) groups is 1. The van der Waals surface area contributed by atoms with E-state index in [1.807, 2.05) is 0 Å². The van der Waals surface area contributed by atoms with Crippen molar-refractivity contribution >= 4 is 11.9 Å². The van der Waals surface area contributed by atoms with Gasteiger partial charge in [0.15, 0.2) is 0 Å². The number of piperidine rings is 1. The number of likely N-dealkylation sites (tertiary alicyclic amines) is 1. The first-order chi connectivity index (χ1) is 12.7. The molecule has 1 saturated heterocycles. The predicted octanol–water partition coefficient (Wildman–Crippen LogP) is 1.35. The lowest BCUT2D eigenvalue weighted by atomic mass is 9.99. The van der Waals surface area contributed by atoms with Gasteiger partial charge in [-0.3, -0.25) is 4.98 Å². The van der Waals surface area contributed by atoms with Gasteiger partial charge in [0.05, 0.1) is 17.0 Å². The maximum absolute atomic E-state index is 11.1. The van der Waals surface area contributed by atoms with E-state index in [1.165, 1.54) is 18.3 Å². The third kappa shape index (κ3) is 4.74. The van der Waals surface area contributed by atoms with Crippen molar-refractivity contribution < 1.29 is 15.0 Å². The summed E-state index contributed by atoms with van der Waals surface area (Å²) in [6, 6.07) is 4.65. The molecule has 0 aromatic carbocycles. The summed E-state index contributed by atoms with van der Waals surface area (Å²) >= 11 is 0. The molecule has 0 radical (unpaired) electrons. The van der Waals surface area contributed by atoms with Crippen molar-refractivity contribution in [1.82, 2.24) is 19.9 Å². The zero-order valence-corrected chi connectivity index (χ0v) is 14.5. The highest BCUT2D eigenvalue weighted by Gasteiger charge is 2.18. The van der Waals surface area contributed by atoms with Gasteiger partial charge in [0.2, 0.25) is 5.95 Å². The fourth-order valence-corrected chi connectivity index (χ4v) is 3.12. The third-order valence-electron chi connectivity index (χ3n) is 4.50. The van der Waals surface area contributed by atoms with Gasteiger partial charge in [-0.1, -0.05) is 0 Å². The normalized spacial score (nSPS) is 17.8. The number of hydrogen-bond acceptors (Lipinski definition) is 7. The molecule has 0 amide bonds. The summed E-state index contributed by atoms with van der Waals surface area (Å²) in [6.07, 6.45) is 5.29. The lowest BCUT2D eigenvalue weighted by Gasteiger charge is -2.31. The van der Waals surface area contributed by atoms with Crippen LogP contribution in [0.15, 0.2) is 30.6 Å². The summed E-state index contributed by atoms with van der Waals surface area (Å²) in [5, 5.41) is 21.6. The van der Waals surface area contributed by atoms with Crippen LogP contribution in [0.3, 0.4) is 0 Å². The van der Waals surface area contributed by atoms with Gasteiger partial charge >= 0.3 is 5.97 Å². The van der Waals surface area contributed by atoms with E-state index >= 15 is 0 Å². The Balaban J connectivity index is 1.59. The van der Waals surface area contributed by atoms with Crippen LogP contribution in [0.2, 0.25) is 0 Å². The molecule has 3 rings (SSSR count). The SMILES string of the molecule is O=C(O)c1ccnc(-c2ccnc(NCCN3CCC[C@@H](CO)C3)n2)c1. The monoisotopic (exact) mass is 357 g/mol. The number of carboxylic acids is 1. The van der Waals surface area contributed by atoms with Crippen molar-refractivity contribution in [2.75, 3.05) is 38.1 Å². The third-order valence-corrected chi connectivity index (χ3v) is 4.50. The molecule has 2 aromatic rings. The molecular formula is C18H23N5O3. The number of nitrogens with zero attached hydrogens (tertiary/aromatic N) is 4. The Morgan fingerprint density at radius 1 is 1.27 bits per heavy atom. The maximum Gasteiger partial charge on any atom is 0.335 e. The first-order valence-corrected chi connectivity index (χ1v) is 8.75. The van der Waals surface area contributed by atoms with E-state index in [4.69, 9.17) is 5.11 Å². The number of aliphatic hydroxyl groups excluding tert-OH is 1. The van der Waals surface area contributed by atoms with Gasteiger partial charge in [-0.05, 0) is 43.5 Å². The summed E-state index contributed by atoms with van der Waals surface area (Å²) in [4.78, 5) is 26.3. The molecule has 2 aromatic heterocycles.